The number of halogens is 2. The van der Waals surface area contributed by atoms with Crippen LogP contribution in [0.25, 0.3) is 0 Å². The van der Waals surface area contributed by atoms with Crippen molar-refractivity contribution in [1.29, 1.82) is 0 Å². The molecule has 2 aromatic rings. The van der Waals surface area contributed by atoms with E-state index in [4.69, 9.17) is 11.6 Å². The van der Waals surface area contributed by atoms with Gasteiger partial charge in [0.05, 0.1) is 10.6 Å². The van der Waals surface area contributed by atoms with Gasteiger partial charge in [-0.2, -0.15) is 0 Å². The first kappa shape index (κ1) is 19.1. The number of amides is 1. The molecule has 0 spiro atoms. The van der Waals surface area contributed by atoms with E-state index >= 15 is 0 Å². The molecule has 1 heterocycles. The largest absolute Gasteiger partial charge is 0.366 e. The van der Waals surface area contributed by atoms with Gasteiger partial charge >= 0.3 is 0 Å². The molecule has 0 saturated carbocycles. The third-order valence-electron chi connectivity index (χ3n) is 4.56. The Balaban J connectivity index is 1.86. The molecule has 0 atom stereocenters. The molecular formula is C19H19ClFN3O3. The lowest BCUT2D eigenvalue weighted by molar-refractivity contribution is -0.384. The molecule has 1 fully saturated rings. The average molecular weight is 392 g/mol. The van der Waals surface area contributed by atoms with Crippen LogP contribution in [0.5, 0.6) is 0 Å². The summed E-state index contributed by atoms with van der Waals surface area (Å²) in [6.45, 7) is 1.50. The number of benzene rings is 2. The average Bonchev–Trinajstić information content (AvgIpc) is 2.92. The van der Waals surface area contributed by atoms with Crippen LogP contribution in [0.15, 0.2) is 36.4 Å². The van der Waals surface area contributed by atoms with E-state index in [0.29, 0.717) is 5.69 Å². The van der Waals surface area contributed by atoms with Crippen molar-refractivity contribution < 1.29 is 14.1 Å². The summed E-state index contributed by atoms with van der Waals surface area (Å²) in [7, 11) is 0. The van der Waals surface area contributed by atoms with Gasteiger partial charge < -0.3 is 10.2 Å². The van der Waals surface area contributed by atoms with Gasteiger partial charge in [-0.25, -0.2) is 4.39 Å². The van der Waals surface area contributed by atoms with Crippen molar-refractivity contribution in [2.75, 3.05) is 23.3 Å². The third kappa shape index (κ3) is 4.54. The summed E-state index contributed by atoms with van der Waals surface area (Å²) in [6.07, 6.45) is 4.18. The lowest BCUT2D eigenvalue weighted by atomic mass is 10.1. The van der Waals surface area contributed by atoms with Crippen LogP contribution in [0.1, 0.15) is 36.0 Å². The predicted octanol–water partition coefficient (Wildman–Crippen LogP) is 5.02. The number of hydrogen-bond acceptors (Lipinski definition) is 4. The highest BCUT2D eigenvalue weighted by molar-refractivity contribution is 6.30. The van der Waals surface area contributed by atoms with E-state index in [9.17, 15) is 19.3 Å². The molecule has 1 amide bonds. The molecule has 0 aliphatic carbocycles. The SMILES string of the molecule is O=C(Nc1ccc(Cl)cc1F)c1ccc(N2CCCCCC2)c([N+](=O)[O-])c1. The summed E-state index contributed by atoms with van der Waals surface area (Å²) in [6, 6.07) is 8.24. The molecule has 1 saturated heterocycles. The minimum absolute atomic E-state index is 0.0383. The highest BCUT2D eigenvalue weighted by atomic mass is 35.5. The van der Waals surface area contributed by atoms with Crippen molar-refractivity contribution in [3.63, 3.8) is 0 Å². The summed E-state index contributed by atoms with van der Waals surface area (Å²) in [5, 5.41) is 14.2. The Bertz CT molecular complexity index is 867. The fourth-order valence-electron chi connectivity index (χ4n) is 3.18. The van der Waals surface area contributed by atoms with Crippen molar-refractivity contribution >= 4 is 34.6 Å². The molecule has 3 rings (SSSR count). The molecule has 8 heteroatoms. The number of anilines is 2. The number of nitro benzene ring substituents is 1. The smallest absolute Gasteiger partial charge is 0.293 e. The Hall–Kier alpha value is -2.67. The van der Waals surface area contributed by atoms with Crippen molar-refractivity contribution in [1.82, 2.24) is 0 Å². The summed E-state index contributed by atoms with van der Waals surface area (Å²) in [5.41, 5.74) is 0.440. The third-order valence-corrected chi connectivity index (χ3v) is 4.80. The standard InChI is InChI=1S/C19H19ClFN3O3/c20-14-6-7-16(15(21)12-14)22-19(25)13-5-8-17(18(11-13)24(26)27)23-9-3-1-2-4-10-23/h5-8,11-12H,1-4,9-10H2,(H,22,25). The Morgan fingerprint density at radius 1 is 1.11 bits per heavy atom. The van der Waals surface area contributed by atoms with Crippen LogP contribution in [0.2, 0.25) is 5.02 Å². The summed E-state index contributed by atoms with van der Waals surface area (Å²) in [5.74, 6) is -1.30. The van der Waals surface area contributed by atoms with Crippen LogP contribution < -0.4 is 10.2 Å². The monoisotopic (exact) mass is 391 g/mol. The van der Waals surface area contributed by atoms with E-state index in [0.717, 1.165) is 44.8 Å². The van der Waals surface area contributed by atoms with Gasteiger partial charge in [0.25, 0.3) is 11.6 Å². The lowest BCUT2D eigenvalue weighted by Crippen LogP contribution is -2.25. The summed E-state index contributed by atoms with van der Waals surface area (Å²) in [4.78, 5) is 25.5. The van der Waals surface area contributed by atoms with Crippen molar-refractivity contribution in [2.45, 2.75) is 25.7 Å². The molecule has 1 aliphatic heterocycles. The zero-order valence-electron chi connectivity index (χ0n) is 14.6. The Labute approximate surface area is 161 Å². The van der Waals surface area contributed by atoms with Gasteiger partial charge in [0, 0.05) is 29.7 Å². The van der Waals surface area contributed by atoms with E-state index in [2.05, 4.69) is 5.32 Å². The summed E-state index contributed by atoms with van der Waals surface area (Å²) < 4.78 is 13.9. The van der Waals surface area contributed by atoms with Gasteiger partial charge in [-0.05, 0) is 43.2 Å². The molecule has 0 unspecified atom stereocenters. The number of hydrogen-bond donors (Lipinski definition) is 1. The maximum absolute atomic E-state index is 13.9. The molecule has 27 heavy (non-hydrogen) atoms. The minimum Gasteiger partial charge on any atom is -0.366 e. The Kier molecular flexibility index (Phi) is 5.91. The molecule has 0 aromatic heterocycles. The maximum atomic E-state index is 13.9. The second kappa shape index (κ2) is 8.35. The van der Waals surface area contributed by atoms with E-state index in [1.165, 1.54) is 24.3 Å². The molecule has 1 N–H and O–H groups in total. The van der Waals surface area contributed by atoms with Crippen LogP contribution in [0.4, 0.5) is 21.5 Å². The first-order valence-corrected chi connectivity index (χ1v) is 9.13. The van der Waals surface area contributed by atoms with E-state index in [-0.39, 0.29) is 22.0 Å². The fraction of sp³-hybridized carbons (Fsp3) is 0.316. The second-order valence-electron chi connectivity index (χ2n) is 6.44. The zero-order valence-corrected chi connectivity index (χ0v) is 15.3. The number of rotatable bonds is 4. The Morgan fingerprint density at radius 3 is 2.44 bits per heavy atom. The second-order valence-corrected chi connectivity index (χ2v) is 6.88. The molecule has 6 nitrogen and oxygen atoms in total. The van der Waals surface area contributed by atoms with Gasteiger partial charge in [-0.1, -0.05) is 24.4 Å². The minimum atomic E-state index is -0.675. The number of nitrogens with one attached hydrogen (secondary N) is 1. The topological polar surface area (TPSA) is 75.5 Å². The van der Waals surface area contributed by atoms with Crippen LogP contribution in [-0.4, -0.2) is 23.9 Å². The highest BCUT2D eigenvalue weighted by Gasteiger charge is 2.23. The molecule has 1 aliphatic rings. The van der Waals surface area contributed by atoms with Gasteiger partial charge in [0.2, 0.25) is 0 Å². The quantitative estimate of drug-likeness (QED) is 0.586. The van der Waals surface area contributed by atoms with Crippen LogP contribution in [0, 0.1) is 15.9 Å². The van der Waals surface area contributed by atoms with Crippen LogP contribution >= 0.6 is 11.6 Å². The molecule has 142 valence electrons. The number of carbonyl (C=O) groups is 1. The predicted molar refractivity (Wildman–Crippen MR) is 103 cm³/mol. The van der Waals surface area contributed by atoms with Crippen molar-refractivity contribution in [3.8, 4) is 0 Å². The molecule has 0 radical (unpaired) electrons. The number of nitro groups is 1. The lowest BCUT2D eigenvalue weighted by Gasteiger charge is -2.22. The first-order chi connectivity index (χ1) is 13.0. The normalized spacial score (nSPS) is 14.5. The maximum Gasteiger partial charge on any atom is 0.293 e. The van der Waals surface area contributed by atoms with E-state index in [1.807, 2.05) is 4.90 Å². The molecule has 2 aromatic carbocycles. The van der Waals surface area contributed by atoms with Crippen molar-refractivity contribution in [2.24, 2.45) is 0 Å². The van der Waals surface area contributed by atoms with Gasteiger partial charge in [-0.3, -0.25) is 14.9 Å². The number of nitrogens with zero attached hydrogens (tertiary/aromatic N) is 2. The van der Waals surface area contributed by atoms with E-state index in [1.54, 1.807) is 6.07 Å². The zero-order chi connectivity index (χ0) is 19.4. The van der Waals surface area contributed by atoms with Crippen LogP contribution in [0.3, 0.4) is 0 Å². The van der Waals surface area contributed by atoms with Gasteiger partial charge in [0.15, 0.2) is 0 Å². The molecular weight excluding hydrogens is 373 g/mol. The first-order valence-electron chi connectivity index (χ1n) is 8.75. The number of carbonyl (C=O) groups excluding carboxylic acids is 1. The summed E-state index contributed by atoms with van der Waals surface area (Å²) >= 11 is 5.70. The van der Waals surface area contributed by atoms with Gasteiger partial charge in [-0.15, -0.1) is 0 Å². The fourth-order valence-corrected chi connectivity index (χ4v) is 3.33. The van der Waals surface area contributed by atoms with Crippen LogP contribution in [-0.2, 0) is 0 Å². The van der Waals surface area contributed by atoms with E-state index < -0.39 is 16.6 Å². The van der Waals surface area contributed by atoms with Gasteiger partial charge in [0.1, 0.15) is 11.5 Å². The molecule has 0 bridgehead atoms. The van der Waals surface area contributed by atoms with Crippen molar-refractivity contribution in [3.05, 3.63) is 62.9 Å². The highest BCUT2D eigenvalue weighted by Crippen LogP contribution is 2.31. The Morgan fingerprint density at radius 2 is 1.81 bits per heavy atom.